The van der Waals surface area contributed by atoms with Crippen molar-refractivity contribution in [2.75, 3.05) is 13.1 Å². The SMILES string of the molecule is CCCNC(=O)CNCc1cc(F)ccc1F. The molecule has 0 fully saturated rings. The lowest BCUT2D eigenvalue weighted by Crippen LogP contribution is -2.34. The second-order valence-electron chi connectivity index (χ2n) is 3.69. The highest BCUT2D eigenvalue weighted by Crippen LogP contribution is 2.08. The lowest BCUT2D eigenvalue weighted by Gasteiger charge is -2.06. The predicted molar refractivity (Wildman–Crippen MR) is 61.4 cm³/mol. The quantitative estimate of drug-likeness (QED) is 0.795. The normalized spacial score (nSPS) is 10.3. The number of hydrogen-bond acceptors (Lipinski definition) is 2. The Labute approximate surface area is 99.2 Å². The molecule has 17 heavy (non-hydrogen) atoms. The van der Waals surface area contributed by atoms with Gasteiger partial charge in [-0.1, -0.05) is 6.92 Å². The van der Waals surface area contributed by atoms with E-state index in [9.17, 15) is 13.6 Å². The Morgan fingerprint density at radius 3 is 2.82 bits per heavy atom. The molecule has 0 saturated heterocycles. The average Bonchev–Trinajstić information content (AvgIpc) is 2.31. The molecule has 3 nitrogen and oxygen atoms in total. The molecule has 0 aliphatic rings. The van der Waals surface area contributed by atoms with Gasteiger partial charge in [0.25, 0.3) is 0 Å². The van der Waals surface area contributed by atoms with E-state index in [0.29, 0.717) is 6.54 Å². The maximum atomic E-state index is 13.2. The lowest BCUT2D eigenvalue weighted by molar-refractivity contribution is -0.120. The first-order valence-corrected chi connectivity index (χ1v) is 5.54. The van der Waals surface area contributed by atoms with E-state index in [1.807, 2.05) is 6.92 Å². The van der Waals surface area contributed by atoms with Crippen LogP contribution in [0.2, 0.25) is 0 Å². The van der Waals surface area contributed by atoms with Crippen LogP contribution < -0.4 is 10.6 Å². The smallest absolute Gasteiger partial charge is 0.233 e. The van der Waals surface area contributed by atoms with E-state index in [1.54, 1.807) is 0 Å². The lowest BCUT2D eigenvalue weighted by atomic mass is 10.2. The molecule has 1 aromatic rings. The molecule has 5 heteroatoms. The van der Waals surface area contributed by atoms with Gasteiger partial charge in [0, 0.05) is 18.7 Å². The van der Waals surface area contributed by atoms with Crippen molar-refractivity contribution < 1.29 is 13.6 Å². The summed E-state index contributed by atoms with van der Waals surface area (Å²) in [4.78, 5) is 11.2. The number of benzene rings is 1. The second kappa shape index (κ2) is 6.96. The van der Waals surface area contributed by atoms with Crippen LogP contribution in [0.25, 0.3) is 0 Å². The molecule has 0 aliphatic heterocycles. The van der Waals surface area contributed by atoms with Gasteiger partial charge in [-0.15, -0.1) is 0 Å². The molecule has 0 aliphatic carbocycles. The Morgan fingerprint density at radius 2 is 2.12 bits per heavy atom. The number of rotatable bonds is 6. The molecule has 94 valence electrons. The maximum Gasteiger partial charge on any atom is 0.233 e. The molecule has 1 amide bonds. The predicted octanol–water partition coefficient (Wildman–Crippen LogP) is 1.58. The Bertz CT molecular complexity index is 383. The van der Waals surface area contributed by atoms with Gasteiger partial charge in [0.15, 0.2) is 0 Å². The van der Waals surface area contributed by atoms with E-state index < -0.39 is 11.6 Å². The van der Waals surface area contributed by atoms with Gasteiger partial charge >= 0.3 is 0 Å². The van der Waals surface area contributed by atoms with Gasteiger partial charge < -0.3 is 10.6 Å². The second-order valence-corrected chi connectivity index (χ2v) is 3.69. The maximum absolute atomic E-state index is 13.2. The van der Waals surface area contributed by atoms with Crippen LogP contribution in [0, 0.1) is 11.6 Å². The van der Waals surface area contributed by atoms with Crippen molar-refractivity contribution >= 4 is 5.91 Å². The minimum atomic E-state index is -0.487. The van der Waals surface area contributed by atoms with Crippen LogP contribution >= 0.6 is 0 Å². The number of amides is 1. The van der Waals surface area contributed by atoms with Crippen LogP contribution in [0.4, 0.5) is 8.78 Å². The summed E-state index contributed by atoms with van der Waals surface area (Å²) in [6.07, 6.45) is 0.865. The molecular weight excluding hydrogens is 226 g/mol. The Hall–Kier alpha value is -1.49. The molecule has 0 heterocycles. The number of carbonyl (C=O) groups excluding carboxylic acids is 1. The van der Waals surface area contributed by atoms with Gasteiger partial charge in [-0.05, 0) is 24.6 Å². The summed E-state index contributed by atoms with van der Waals surface area (Å²) in [6.45, 7) is 2.80. The van der Waals surface area contributed by atoms with Gasteiger partial charge in [-0.25, -0.2) is 8.78 Å². The van der Waals surface area contributed by atoms with E-state index in [-0.39, 0.29) is 24.6 Å². The minimum Gasteiger partial charge on any atom is -0.355 e. The van der Waals surface area contributed by atoms with Gasteiger partial charge in [0.1, 0.15) is 11.6 Å². The molecule has 0 radical (unpaired) electrons. The van der Waals surface area contributed by atoms with Crippen molar-refractivity contribution in [1.82, 2.24) is 10.6 Å². The third-order valence-corrected chi connectivity index (χ3v) is 2.18. The van der Waals surface area contributed by atoms with Gasteiger partial charge in [0.2, 0.25) is 5.91 Å². The summed E-state index contributed by atoms with van der Waals surface area (Å²) < 4.78 is 26.0. The molecule has 0 aromatic heterocycles. The highest BCUT2D eigenvalue weighted by atomic mass is 19.1. The minimum absolute atomic E-state index is 0.0932. The number of hydrogen-bond donors (Lipinski definition) is 2. The molecular formula is C12H16F2N2O. The zero-order valence-electron chi connectivity index (χ0n) is 9.72. The fourth-order valence-corrected chi connectivity index (χ4v) is 1.32. The summed E-state index contributed by atoms with van der Waals surface area (Å²) in [5, 5.41) is 5.44. The summed E-state index contributed by atoms with van der Waals surface area (Å²) in [7, 11) is 0. The third kappa shape index (κ3) is 4.91. The van der Waals surface area contributed by atoms with Crippen LogP contribution in [0.3, 0.4) is 0 Å². The van der Waals surface area contributed by atoms with Gasteiger partial charge in [0.05, 0.1) is 6.54 Å². The van der Waals surface area contributed by atoms with Crippen molar-refractivity contribution in [3.8, 4) is 0 Å². The summed E-state index contributed by atoms with van der Waals surface area (Å²) in [5.41, 5.74) is 0.216. The summed E-state index contributed by atoms with van der Waals surface area (Å²) in [6, 6.07) is 3.25. The molecule has 0 bridgehead atoms. The fraction of sp³-hybridized carbons (Fsp3) is 0.417. The Balaban J connectivity index is 2.35. The van der Waals surface area contributed by atoms with Crippen LogP contribution in [-0.2, 0) is 11.3 Å². The van der Waals surface area contributed by atoms with Crippen LogP contribution in [0.5, 0.6) is 0 Å². The monoisotopic (exact) mass is 242 g/mol. The van der Waals surface area contributed by atoms with E-state index in [1.165, 1.54) is 0 Å². The first-order chi connectivity index (χ1) is 8.13. The van der Waals surface area contributed by atoms with Crippen molar-refractivity contribution in [2.24, 2.45) is 0 Å². The fourth-order valence-electron chi connectivity index (χ4n) is 1.32. The van der Waals surface area contributed by atoms with Crippen LogP contribution in [-0.4, -0.2) is 19.0 Å². The molecule has 1 aromatic carbocycles. The highest BCUT2D eigenvalue weighted by molar-refractivity contribution is 5.77. The summed E-state index contributed by atoms with van der Waals surface area (Å²) in [5.74, 6) is -1.12. The first-order valence-electron chi connectivity index (χ1n) is 5.54. The zero-order chi connectivity index (χ0) is 12.7. The molecule has 0 unspecified atom stereocenters. The topological polar surface area (TPSA) is 41.1 Å². The van der Waals surface area contributed by atoms with Crippen LogP contribution in [0.1, 0.15) is 18.9 Å². The van der Waals surface area contributed by atoms with Crippen molar-refractivity contribution in [2.45, 2.75) is 19.9 Å². The van der Waals surface area contributed by atoms with E-state index in [4.69, 9.17) is 0 Å². The number of carbonyl (C=O) groups is 1. The Kier molecular flexibility index (Phi) is 5.56. The van der Waals surface area contributed by atoms with Crippen molar-refractivity contribution in [3.63, 3.8) is 0 Å². The molecule has 2 N–H and O–H groups in total. The molecule has 0 saturated carbocycles. The van der Waals surface area contributed by atoms with Gasteiger partial charge in [-0.3, -0.25) is 4.79 Å². The Morgan fingerprint density at radius 1 is 1.35 bits per heavy atom. The number of halogens is 2. The largest absolute Gasteiger partial charge is 0.355 e. The van der Waals surface area contributed by atoms with Gasteiger partial charge in [-0.2, -0.15) is 0 Å². The summed E-state index contributed by atoms with van der Waals surface area (Å²) >= 11 is 0. The molecule has 1 rings (SSSR count). The molecule has 0 spiro atoms. The first kappa shape index (κ1) is 13.6. The standard InChI is InChI=1S/C12H16F2N2O/c1-2-5-16-12(17)8-15-7-9-6-10(13)3-4-11(9)14/h3-4,6,15H,2,5,7-8H2,1H3,(H,16,17). The third-order valence-electron chi connectivity index (χ3n) is 2.18. The van der Waals surface area contributed by atoms with Crippen molar-refractivity contribution in [3.05, 3.63) is 35.4 Å². The zero-order valence-corrected chi connectivity index (χ0v) is 9.72. The number of nitrogens with one attached hydrogen (secondary N) is 2. The highest BCUT2D eigenvalue weighted by Gasteiger charge is 2.04. The molecule has 0 atom stereocenters. The average molecular weight is 242 g/mol. The van der Waals surface area contributed by atoms with E-state index >= 15 is 0 Å². The van der Waals surface area contributed by atoms with Crippen LogP contribution in [0.15, 0.2) is 18.2 Å². The van der Waals surface area contributed by atoms with E-state index in [2.05, 4.69) is 10.6 Å². The van der Waals surface area contributed by atoms with E-state index in [0.717, 1.165) is 24.6 Å². The van der Waals surface area contributed by atoms with Crippen molar-refractivity contribution in [1.29, 1.82) is 0 Å².